The molecule has 0 saturated heterocycles. The van der Waals surface area contributed by atoms with Gasteiger partial charge in [-0.2, -0.15) is 0 Å². The van der Waals surface area contributed by atoms with E-state index in [9.17, 15) is 9.90 Å². The van der Waals surface area contributed by atoms with Crippen LogP contribution in [0.2, 0.25) is 0 Å². The van der Waals surface area contributed by atoms with Gasteiger partial charge in [0, 0.05) is 5.56 Å². The van der Waals surface area contributed by atoms with E-state index in [1.54, 1.807) is 19.2 Å². The van der Waals surface area contributed by atoms with E-state index < -0.39 is 0 Å². The Hall–Kier alpha value is -1.77. The number of carbonyl (C=O) groups is 1. The molecule has 0 heterocycles. The summed E-state index contributed by atoms with van der Waals surface area (Å²) in [6.07, 6.45) is 3.48. The van der Waals surface area contributed by atoms with Gasteiger partial charge >= 0.3 is 0 Å². The average Bonchev–Trinajstić information content (AvgIpc) is 2.17. The van der Waals surface area contributed by atoms with Gasteiger partial charge < -0.3 is 9.84 Å². The van der Waals surface area contributed by atoms with Gasteiger partial charge in [-0.3, -0.25) is 4.79 Å². The van der Waals surface area contributed by atoms with Gasteiger partial charge in [0.05, 0.1) is 7.11 Å². The van der Waals surface area contributed by atoms with Gasteiger partial charge in [-0.05, 0) is 30.4 Å². The van der Waals surface area contributed by atoms with Gasteiger partial charge in [0.25, 0.3) is 0 Å². The lowest BCUT2D eigenvalue weighted by Crippen LogP contribution is -1.83. The second-order valence-corrected chi connectivity index (χ2v) is 2.42. The first-order valence-corrected chi connectivity index (χ1v) is 3.77. The Morgan fingerprint density at radius 3 is 2.85 bits per heavy atom. The number of ether oxygens (including phenoxy) is 1. The van der Waals surface area contributed by atoms with Gasteiger partial charge in [-0.15, -0.1) is 0 Å². The fourth-order valence-electron chi connectivity index (χ4n) is 0.936. The highest BCUT2D eigenvalue weighted by atomic mass is 16.5. The van der Waals surface area contributed by atoms with Crippen LogP contribution in [0, 0.1) is 0 Å². The molecule has 0 atom stereocenters. The number of carbonyl (C=O) groups excluding carboxylic acids is 1. The summed E-state index contributed by atoms with van der Waals surface area (Å²) in [5.41, 5.74) is 0.562. The lowest BCUT2D eigenvalue weighted by molar-refractivity contribution is -0.104. The van der Waals surface area contributed by atoms with E-state index >= 15 is 0 Å². The third kappa shape index (κ3) is 2.33. The summed E-state index contributed by atoms with van der Waals surface area (Å²) in [6, 6.07) is 4.81. The molecule has 0 spiro atoms. The van der Waals surface area contributed by atoms with Crippen molar-refractivity contribution >= 4 is 12.4 Å². The molecule has 1 N–H and O–H groups in total. The highest BCUT2D eigenvalue weighted by Gasteiger charge is 1.98. The van der Waals surface area contributed by atoms with Crippen LogP contribution in [0.25, 0.3) is 6.08 Å². The summed E-state index contributed by atoms with van der Waals surface area (Å²) in [5.74, 6) is 0.766. The van der Waals surface area contributed by atoms with Crippen LogP contribution in [0.5, 0.6) is 11.5 Å². The van der Waals surface area contributed by atoms with Crippen molar-refractivity contribution in [1.29, 1.82) is 0 Å². The average molecular weight is 178 g/mol. The minimum absolute atomic E-state index is 0.124. The van der Waals surface area contributed by atoms with Crippen molar-refractivity contribution in [3.05, 3.63) is 29.8 Å². The number of allylic oxidation sites excluding steroid dienone is 1. The Labute approximate surface area is 76.3 Å². The van der Waals surface area contributed by atoms with E-state index in [1.807, 2.05) is 0 Å². The summed E-state index contributed by atoms with van der Waals surface area (Å²) in [5, 5.41) is 9.33. The van der Waals surface area contributed by atoms with Gasteiger partial charge in [-0.25, -0.2) is 0 Å². The molecular weight excluding hydrogens is 168 g/mol. The molecule has 0 amide bonds. The standard InChI is InChI=1S/C10H10O3/c1-13-9-4-5-10(12)8(7-9)3-2-6-11/h2-7,12H,1H3/b3-2-. The smallest absolute Gasteiger partial charge is 0.142 e. The molecule has 3 heteroatoms. The molecule has 1 aromatic carbocycles. The number of rotatable bonds is 3. The Morgan fingerprint density at radius 1 is 1.46 bits per heavy atom. The number of aromatic hydroxyl groups is 1. The molecule has 13 heavy (non-hydrogen) atoms. The number of hydrogen-bond donors (Lipinski definition) is 1. The number of phenolic OH excluding ortho intramolecular Hbond substituents is 1. The molecule has 0 saturated carbocycles. The van der Waals surface area contributed by atoms with E-state index in [0.29, 0.717) is 17.6 Å². The van der Waals surface area contributed by atoms with Crippen LogP contribution in [0.15, 0.2) is 24.3 Å². The predicted molar refractivity (Wildman–Crippen MR) is 49.8 cm³/mol. The van der Waals surface area contributed by atoms with E-state index in [2.05, 4.69) is 0 Å². The van der Waals surface area contributed by atoms with Crippen LogP contribution >= 0.6 is 0 Å². The second-order valence-electron chi connectivity index (χ2n) is 2.42. The van der Waals surface area contributed by atoms with Crippen LogP contribution in [-0.4, -0.2) is 18.5 Å². The number of hydrogen-bond acceptors (Lipinski definition) is 3. The summed E-state index contributed by atoms with van der Waals surface area (Å²) in [7, 11) is 1.54. The molecule has 0 unspecified atom stereocenters. The summed E-state index contributed by atoms with van der Waals surface area (Å²) in [6.45, 7) is 0. The minimum atomic E-state index is 0.124. The molecule has 1 rings (SSSR count). The number of benzene rings is 1. The maximum atomic E-state index is 10.0. The molecular formula is C10H10O3. The van der Waals surface area contributed by atoms with Crippen molar-refractivity contribution in [3.63, 3.8) is 0 Å². The van der Waals surface area contributed by atoms with Crippen LogP contribution in [-0.2, 0) is 4.79 Å². The third-order valence-electron chi connectivity index (χ3n) is 1.59. The van der Waals surface area contributed by atoms with E-state index in [0.717, 1.165) is 0 Å². The topological polar surface area (TPSA) is 46.5 Å². The van der Waals surface area contributed by atoms with Gasteiger partial charge in [0.1, 0.15) is 17.8 Å². The first kappa shape index (κ1) is 9.32. The summed E-state index contributed by atoms with van der Waals surface area (Å²) in [4.78, 5) is 10.0. The SMILES string of the molecule is COc1ccc(O)c(/C=C\C=O)c1. The van der Waals surface area contributed by atoms with Crippen LogP contribution in [0.1, 0.15) is 5.56 Å². The fraction of sp³-hybridized carbons (Fsp3) is 0.100. The summed E-state index contributed by atoms with van der Waals surface area (Å²) < 4.78 is 4.96. The minimum Gasteiger partial charge on any atom is -0.507 e. The van der Waals surface area contributed by atoms with E-state index in [-0.39, 0.29) is 5.75 Å². The normalized spacial score (nSPS) is 10.2. The first-order valence-electron chi connectivity index (χ1n) is 3.77. The van der Waals surface area contributed by atoms with Crippen LogP contribution in [0.3, 0.4) is 0 Å². The van der Waals surface area contributed by atoms with E-state index in [4.69, 9.17) is 4.74 Å². The molecule has 0 aromatic heterocycles. The number of aldehydes is 1. The maximum absolute atomic E-state index is 10.0. The van der Waals surface area contributed by atoms with Crippen molar-refractivity contribution in [3.8, 4) is 11.5 Å². The second kappa shape index (κ2) is 4.30. The van der Waals surface area contributed by atoms with E-state index in [1.165, 1.54) is 18.2 Å². The molecule has 0 aliphatic rings. The molecule has 0 aliphatic heterocycles. The molecule has 3 nitrogen and oxygen atoms in total. The Morgan fingerprint density at radius 2 is 2.23 bits per heavy atom. The fourth-order valence-corrected chi connectivity index (χ4v) is 0.936. The van der Waals surface area contributed by atoms with Crippen molar-refractivity contribution in [2.24, 2.45) is 0 Å². The Balaban J connectivity index is 3.03. The molecule has 68 valence electrons. The Kier molecular flexibility index (Phi) is 3.09. The molecule has 0 radical (unpaired) electrons. The molecule has 0 aliphatic carbocycles. The largest absolute Gasteiger partial charge is 0.507 e. The zero-order valence-corrected chi connectivity index (χ0v) is 7.23. The lowest BCUT2D eigenvalue weighted by Gasteiger charge is -2.02. The van der Waals surface area contributed by atoms with Gasteiger partial charge in [0.15, 0.2) is 0 Å². The number of methoxy groups -OCH3 is 1. The molecule has 0 bridgehead atoms. The Bertz CT molecular complexity index is 329. The molecule has 1 aromatic rings. The molecule has 0 fully saturated rings. The van der Waals surface area contributed by atoms with Gasteiger partial charge in [-0.1, -0.05) is 0 Å². The van der Waals surface area contributed by atoms with Crippen LogP contribution < -0.4 is 4.74 Å². The van der Waals surface area contributed by atoms with Crippen molar-refractivity contribution < 1.29 is 14.6 Å². The lowest BCUT2D eigenvalue weighted by atomic mass is 10.2. The monoisotopic (exact) mass is 178 g/mol. The highest BCUT2D eigenvalue weighted by molar-refractivity contribution is 5.75. The predicted octanol–water partition coefficient (Wildman–Crippen LogP) is 1.61. The van der Waals surface area contributed by atoms with Crippen molar-refractivity contribution in [2.45, 2.75) is 0 Å². The van der Waals surface area contributed by atoms with Gasteiger partial charge in [0.2, 0.25) is 0 Å². The third-order valence-corrected chi connectivity index (χ3v) is 1.59. The van der Waals surface area contributed by atoms with Crippen LogP contribution in [0.4, 0.5) is 0 Å². The quantitative estimate of drug-likeness (QED) is 0.565. The zero-order chi connectivity index (χ0) is 9.68. The number of phenols is 1. The maximum Gasteiger partial charge on any atom is 0.142 e. The highest BCUT2D eigenvalue weighted by Crippen LogP contribution is 2.23. The first-order chi connectivity index (χ1) is 6.27. The zero-order valence-electron chi connectivity index (χ0n) is 7.23. The summed E-state index contributed by atoms with van der Waals surface area (Å²) >= 11 is 0. The van der Waals surface area contributed by atoms with Crippen molar-refractivity contribution in [2.75, 3.05) is 7.11 Å². The van der Waals surface area contributed by atoms with Crippen molar-refractivity contribution in [1.82, 2.24) is 0 Å².